The molecule has 1 aromatic rings. The van der Waals surface area contributed by atoms with Crippen LogP contribution in [-0.2, 0) is 9.84 Å². The Morgan fingerprint density at radius 1 is 1.18 bits per heavy atom. The molecule has 0 spiro atoms. The fourth-order valence-corrected chi connectivity index (χ4v) is 2.03. The van der Waals surface area contributed by atoms with Gasteiger partial charge in [-0.05, 0) is 11.5 Å². The lowest BCUT2D eigenvalue weighted by Crippen LogP contribution is -2.09. The molecule has 0 aliphatic heterocycles. The van der Waals surface area contributed by atoms with Gasteiger partial charge in [0.05, 0.1) is 5.75 Å². The molecule has 0 N–H and O–H groups in total. The van der Waals surface area contributed by atoms with Crippen LogP contribution in [0.4, 0.5) is 0 Å². The van der Waals surface area contributed by atoms with E-state index in [1.54, 1.807) is 12.1 Å². The Hall–Kier alpha value is -1.16. The maximum Gasteiger partial charge on any atom is 0.163 e. The van der Waals surface area contributed by atoms with Crippen molar-refractivity contribution in [3.8, 4) is 0 Å². The first kappa shape index (κ1) is 13.9. The van der Waals surface area contributed by atoms with Crippen molar-refractivity contribution in [2.45, 2.75) is 26.2 Å². The Kier molecular flexibility index (Phi) is 4.46. The van der Waals surface area contributed by atoms with Gasteiger partial charge in [-0.25, -0.2) is 8.42 Å². The second kappa shape index (κ2) is 5.45. The summed E-state index contributed by atoms with van der Waals surface area (Å²) in [5.41, 5.74) is 1.75. The van der Waals surface area contributed by atoms with Crippen LogP contribution in [0.1, 0.15) is 42.1 Å². The van der Waals surface area contributed by atoms with Gasteiger partial charge >= 0.3 is 0 Å². The maximum absolute atomic E-state index is 11.7. The van der Waals surface area contributed by atoms with Crippen LogP contribution in [0.25, 0.3) is 0 Å². The zero-order chi connectivity index (χ0) is 13.1. The average molecular weight is 254 g/mol. The molecule has 0 aliphatic rings. The van der Waals surface area contributed by atoms with E-state index in [0.717, 1.165) is 6.26 Å². The van der Waals surface area contributed by atoms with E-state index in [1.807, 2.05) is 12.1 Å². The fourth-order valence-electron chi connectivity index (χ4n) is 1.48. The van der Waals surface area contributed by atoms with Gasteiger partial charge in [-0.3, -0.25) is 4.79 Å². The Bertz CT molecular complexity index is 484. The highest BCUT2D eigenvalue weighted by Gasteiger charge is 2.10. The van der Waals surface area contributed by atoms with Crippen molar-refractivity contribution in [3.63, 3.8) is 0 Å². The Labute approximate surface area is 103 Å². The number of hydrogen-bond acceptors (Lipinski definition) is 3. The van der Waals surface area contributed by atoms with E-state index in [4.69, 9.17) is 0 Å². The largest absolute Gasteiger partial charge is 0.294 e. The molecular weight excluding hydrogens is 236 g/mol. The molecule has 0 aliphatic carbocycles. The molecule has 3 nitrogen and oxygen atoms in total. The summed E-state index contributed by atoms with van der Waals surface area (Å²) in [7, 11) is -3.07. The van der Waals surface area contributed by atoms with Gasteiger partial charge in [0.15, 0.2) is 5.78 Å². The van der Waals surface area contributed by atoms with Crippen LogP contribution in [0.3, 0.4) is 0 Å². The van der Waals surface area contributed by atoms with Crippen LogP contribution < -0.4 is 0 Å². The van der Waals surface area contributed by atoms with Crippen LogP contribution in [0.5, 0.6) is 0 Å². The molecule has 1 rings (SSSR count). The second-order valence-corrected chi connectivity index (χ2v) is 6.84. The monoisotopic (exact) mass is 254 g/mol. The number of carbonyl (C=O) groups excluding carboxylic acids is 1. The Morgan fingerprint density at radius 3 is 2.12 bits per heavy atom. The number of sulfone groups is 1. The van der Waals surface area contributed by atoms with Gasteiger partial charge in [0.2, 0.25) is 0 Å². The second-order valence-electron chi connectivity index (χ2n) is 4.58. The van der Waals surface area contributed by atoms with Crippen molar-refractivity contribution in [1.29, 1.82) is 0 Å². The van der Waals surface area contributed by atoms with Crippen LogP contribution in [0, 0.1) is 0 Å². The quantitative estimate of drug-likeness (QED) is 0.758. The third-order valence-corrected chi connectivity index (χ3v) is 3.54. The van der Waals surface area contributed by atoms with Gasteiger partial charge in [0.1, 0.15) is 9.84 Å². The Morgan fingerprint density at radius 2 is 1.71 bits per heavy atom. The highest BCUT2D eigenvalue weighted by molar-refractivity contribution is 7.90. The summed E-state index contributed by atoms with van der Waals surface area (Å²) in [6, 6.07) is 7.36. The minimum absolute atomic E-state index is 0.0554. The number of rotatable bonds is 5. The first-order valence-corrected chi connectivity index (χ1v) is 7.66. The van der Waals surface area contributed by atoms with Crippen molar-refractivity contribution in [3.05, 3.63) is 35.4 Å². The molecule has 4 heteroatoms. The first-order chi connectivity index (χ1) is 7.79. The molecule has 0 heterocycles. The summed E-state index contributed by atoms with van der Waals surface area (Å²) < 4.78 is 21.9. The van der Waals surface area contributed by atoms with Crippen LogP contribution in [0.15, 0.2) is 24.3 Å². The lowest BCUT2D eigenvalue weighted by Gasteiger charge is -2.06. The van der Waals surface area contributed by atoms with E-state index in [9.17, 15) is 13.2 Å². The predicted octanol–water partition coefficient (Wildman–Crippen LogP) is 2.43. The van der Waals surface area contributed by atoms with E-state index >= 15 is 0 Å². The summed E-state index contributed by atoms with van der Waals surface area (Å²) in [6.07, 6.45) is 1.20. The van der Waals surface area contributed by atoms with E-state index in [1.165, 1.54) is 5.56 Å². The number of hydrogen-bond donors (Lipinski definition) is 0. The number of benzene rings is 1. The molecule has 17 heavy (non-hydrogen) atoms. The van der Waals surface area contributed by atoms with Gasteiger partial charge < -0.3 is 0 Å². The molecule has 0 fully saturated rings. The fraction of sp³-hybridized carbons (Fsp3) is 0.462. The molecular formula is C13H18O3S. The summed E-state index contributed by atoms with van der Waals surface area (Å²) in [5.74, 6) is 0.221. The van der Waals surface area contributed by atoms with Crippen molar-refractivity contribution >= 4 is 15.6 Å². The van der Waals surface area contributed by atoms with E-state index in [0.29, 0.717) is 11.5 Å². The topological polar surface area (TPSA) is 51.2 Å². The van der Waals surface area contributed by atoms with Crippen LogP contribution >= 0.6 is 0 Å². The zero-order valence-electron chi connectivity index (χ0n) is 10.4. The predicted molar refractivity (Wildman–Crippen MR) is 69.2 cm³/mol. The van der Waals surface area contributed by atoms with Gasteiger partial charge in [0.25, 0.3) is 0 Å². The zero-order valence-corrected chi connectivity index (χ0v) is 11.3. The lowest BCUT2D eigenvalue weighted by atomic mass is 10.00. The Balaban J connectivity index is 2.70. The molecule has 0 saturated carbocycles. The van der Waals surface area contributed by atoms with E-state index in [-0.39, 0.29) is 18.0 Å². The normalized spacial score (nSPS) is 11.8. The van der Waals surface area contributed by atoms with Gasteiger partial charge in [-0.1, -0.05) is 38.1 Å². The lowest BCUT2D eigenvalue weighted by molar-refractivity contribution is 0.0989. The summed E-state index contributed by atoms with van der Waals surface area (Å²) in [6.45, 7) is 4.17. The minimum atomic E-state index is -3.07. The molecule has 0 aromatic heterocycles. The minimum Gasteiger partial charge on any atom is -0.294 e. The van der Waals surface area contributed by atoms with E-state index in [2.05, 4.69) is 13.8 Å². The van der Waals surface area contributed by atoms with Crippen molar-refractivity contribution in [2.24, 2.45) is 0 Å². The number of Topliss-reactive ketones (excluding diaryl/α,β-unsaturated/α-hetero) is 1. The van der Waals surface area contributed by atoms with Crippen molar-refractivity contribution in [1.82, 2.24) is 0 Å². The molecule has 0 amide bonds. The maximum atomic E-state index is 11.7. The summed E-state index contributed by atoms with van der Waals surface area (Å²) in [4.78, 5) is 11.7. The third kappa shape index (κ3) is 4.69. The standard InChI is InChI=1S/C13H18O3S/c1-10(2)11-4-6-12(7-5-11)13(14)8-9-17(3,15)16/h4-7,10H,8-9H2,1-3H3. The molecule has 0 atom stereocenters. The summed E-state index contributed by atoms with van der Waals surface area (Å²) >= 11 is 0. The van der Waals surface area contributed by atoms with Gasteiger partial charge in [-0.15, -0.1) is 0 Å². The van der Waals surface area contributed by atoms with E-state index < -0.39 is 9.84 Å². The molecule has 0 radical (unpaired) electrons. The number of carbonyl (C=O) groups is 1. The third-order valence-electron chi connectivity index (χ3n) is 2.60. The molecule has 94 valence electrons. The van der Waals surface area contributed by atoms with Gasteiger partial charge in [-0.2, -0.15) is 0 Å². The number of ketones is 1. The highest BCUT2D eigenvalue weighted by Crippen LogP contribution is 2.15. The van der Waals surface area contributed by atoms with Crippen molar-refractivity contribution in [2.75, 3.05) is 12.0 Å². The average Bonchev–Trinajstić information content (AvgIpc) is 2.25. The molecule has 0 unspecified atom stereocenters. The molecule has 0 bridgehead atoms. The highest BCUT2D eigenvalue weighted by atomic mass is 32.2. The summed E-state index contributed by atoms with van der Waals surface area (Å²) in [5, 5.41) is 0. The molecule has 1 aromatic carbocycles. The molecule has 0 saturated heterocycles. The van der Waals surface area contributed by atoms with Crippen LogP contribution in [-0.4, -0.2) is 26.2 Å². The van der Waals surface area contributed by atoms with Crippen LogP contribution in [0.2, 0.25) is 0 Å². The smallest absolute Gasteiger partial charge is 0.163 e. The van der Waals surface area contributed by atoms with Gasteiger partial charge in [0, 0.05) is 18.2 Å². The SMILES string of the molecule is CC(C)c1ccc(C(=O)CCS(C)(=O)=O)cc1. The first-order valence-electron chi connectivity index (χ1n) is 5.60. The van der Waals surface area contributed by atoms with Crippen molar-refractivity contribution < 1.29 is 13.2 Å².